The van der Waals surface area contributed by atoms with Crippen LogP contribution in [0.3, 0.4) is 0 Å². The Balaban J connectivity index is 1.68. The largest absolute Gasteiger partial charge is 0.378 e. The first-order valence-electron chi connectivity index (χ1n) is 7.97. The Labute approximate surface area is 144 Å². The highest BCUT2D eigenvalue weighted by Crippen LogP contribution is 2.23. The molecular weight excluding hydrogens is 356 g/mol. The van der Waals surface area contributed by atoms with Crippen LogP contribution in [0.25, 0.3) is 0 Å². The van der Waals surface area contributed by atoms with E-state index in [0.717, 1.165) is 22.5 Å². The maximum absolute atomic E-state index is 13.8. The Morgan fingerprint density at radius 2 is 1.44 bits per heavy atom. The number of amides is 2. The van der Waals surface area contributed by atoms with Crippen molar-refractivity contribution in [3.05, 3.63) is 29.8 Å². The molecule has 0 radical (unpaired) electrons. The van der Waals surface area contributed by atoms with E-state index in [1.54, 1.807) is 9.80 Å². The van der Waals surface area contributed by atoms with Crippen LogP contribution in [-0.2, 0) is 14.8 Å². The molecule has 0 aromatic heterocycles. The van der Waals surface area contributed by atoms with E-state index in [-0.39, 0.29) is 32.2 Å². The standard InChI is InChI=1S/C15H19F2N3O4S/c16-12-2-1-3-13(17)14(12)25(22,23)20-6-4-18(5-7-20)15(21)19-8-10-24-11-9-19/h1-3H,4-11H2. The topological polar surface area (TPSA) is 70.2 Å². The van der Waals surface area contributed by atoms with Crippen LogP contribution in [-0.4, -0.2) is 81.0 Å². The molecule has 0 unspecified atom stereocenters. The van der Waals surface area contributed by atoms with Crippen LogP contribution in [0.2, 0.25) is 0 Å². The molecule has 138 valence electrons. The zero-order valence-corrected chi connectivity index (χ0v) is 14.3. The predicted octanol–water partition coefficient (Wildman–Crippen LogP) is 0.723. The van der Waals surface area contributed by atoms with Gasteiger partial charge in [0.25, 0.3) is 0 Å². The molecule has 0 saturated carbocycles. The highest BCUT2D eigenvalue weighted by molar-refractivity contribution is 7.89. The number of ether oxygens (including phenoxy) is 1. The van der Waals surface area contributed by atoms with Gasteiger partial charge in [-0.2, -0.15) is 4.31 Å². The lowest BCUT2D eigenvalue weighted by atomic mass is 10.3. The summed E-state index contributed by atoms with van der Waals surface area (Å²) in [6.45, 7) is 2.28. The molecule has 2 aliphatic heterocycles. The molecule has 1 aromatic carbocycles. The van der Waals surface area contributed by atoms with E-state index in [9.17, 15) is 22.0 Å². The summed E-state index contributed by atoms with van der Waals surface area (Å²) in [5.74, 6) is -2.24. The van der Waals surface area contributed by atoms with Crippen molar-refractivity contribution >= 4 is 16.1 Å². The number of hydrogen-bond donors (Lipinski definition) is 0. The Hall–Kier alpha value is -1.78. The van der Waals surface area contributed by atoms with Crippen molar-refractivity contribution in [1.29, 1.82) is 0 Å². The van der Waals surface area contributed by atoms with Gasteiger partial charge in [-0.05, 0) is 12.1 Å². The molecule has 2 saturated heterocycles. The van der Waals surface area contributed by atoms with Gasteiger partial charge < -0.3 is 14.5 Å². The van der Waals surface area contributed by atoms with Crippen LogP contribution in [0.15, 0.2) is 23.1 Å². The summed E-state index contributed by atoms with van der Waals surface area (Å²) >= 11 is 0. The molecule has 2 fully saturated rings. The number of carbonyl (C=O) groups excluding carboxylic acids is 1. The van der Waals surface area contributed by atoms with Crippen LogP contribution in [0.5, 0.6) is 0 Å². The molecule has 0 aliphatic carbocycles. The van der Waals surface area contributed by atoms with Gasteiger partial charge in [0.2, 0.25) is 10.0 Å². The summed E-state index contributed by atoms with van der Waals surface area (Å²) < 4.78 is 58.9. The van der Waals surface area contributed by atoms with Gasteiger partial charge in [0.1, 0.15) is 11.6 Å². The van der Waals surface area contributed by atoms with E-state index < -0.39 is 26.6 Å². The van der Waals surface area contributed by atoms with Crippen molar-refractivity contribution in [2.45, 2.75) is 4.90 Å². The first-order chi connectivity index (χ1) is 11.9. The molecule has 2 aliphatic rings. The van der Waals surface area contributed by atoms with Gasteiger partial charge in [-0.15, -0.1) is 0 Å². The summed E-state index contributed by atoms with van der Waals surface area (Å²) in [7, 11) is -4.29. The second-order valence-corrected chi connectivity index (χ2v) is 7.70. The lowest BCUT2D eigenvalue weighted by Gasteiger charge is -2.38. The van der Waals surface area contributed by atoms with Gasteiger partial charge in [-0.3, -0.25) is 0 Å². The first-order valence-corrected chi connectivity index (χ1v) is 9.41. The molecule has 3 rings (SSSR count). The van der Waals surface area contributed by atoms with E-state index in [1.165, 1.54) is 0 Å². The van der Waals surface area contributed by atoms with Gasteiger partial charge in [-0.25, -0.2) is 22.0 Å². The molecular formula is C15H19F2N3O4S. The van der Waals surface area contributed by atoms with E-state index in [1.807, 2.05) is 0 Å². The molecule has 0 N–H and O–H groups in total. The molecule has 7 nitrogen and oxygen atoms in total. The Morgan fingerprint density at radius 3 is 2.00 bits per heavy atom. The molecule has 10 heteroatoms. The fraction of sp³-hybridized carbons (Fsp3) is 0.533. The summed E-state index contributed by atoms with van der Waals surface area (Å²) in [6.07, 6.45) is 0. The quantitative estimate of drug-likeness (QED) is 0.764. The minimum atomic E-state index is -4.29. The predicted molar refractivity (Wildman–Crippen MR) is 84.5 cm³/mol. The number of benzene rings is 1. The highest BCUT2D eigenvalue weighted by atomic mass is 32.2. The van der Waals surface area contributed by atoms with E-state index >= 15 is 0 Å². The Morgan fingerprint density at radius 1 is 0.920 bits per heavy atom. The molecule has 0 atom stereocenters. The first kappa shape index (κ1) is 18.0. The third-order valence-corrected chi connectivity index (χ3v) is 6.26. The molecule has 0 spiro atoms. The summed E-state index contributed by atoms with van der Waals surface area (Å²) in [6, 6.07) is 2.77. The number of nitrogens with zero attached hydrogens (tertiary/aromatic N) is 3. The van der Waals surface area contributed by atoms with Crippen LogP contribution in [0.1, 0.15) is 0 Å². The number of rotatable bonds is 2. The van der Waals surface area contributed by atoms with Crippen LogP contribution in [0.4, 0.5) is 13.6 Å². The van der Waals surface area contributed by atoms with Crippen molar-refractivity contribution < 1.29 is 26.7 Å². The second-order valence-electron chi connectivity index (χ2n) is 5.82. The van der Waals surface area contributed by atoms with Crippen molar-refractivity contribution in [2.24, 2.45) is 0 Å². The van der Waals surface area contributed by atoms with Gasteiger partial charge in [-0.1, -0.05) is 6.07 Å². The molecule has 0 bridgehead atoms. The second kappa shape index (κ2) is 7.22. The fourth-order valence-electron chi connectivity index (χ4n) is 2.93. The monoisotopic (exact) mass is 375 g/mol. The van der Waals surface area contributed by atoms with Gasteiger partial charge in [0, 0.05) is 39.3 Å². The van der Waals surface area contributed by atoms with Gasteiger partial charge >= 0.3 is 6.03 Å². The number of urea groups is 1. The number of halogens is 2. The number of morpholine rings is 1. The molecule has 25 heavy (non-hydrogen) atoms. The minimum absolute atomic E-state index is 0.00775. The van der Waals surface area contributed by atoms with Crippen LogP contribution >= 0.6 is 0 Å². The zero-order chi connectivity index (χ0) is 18.0. The SMILES string of the molecule is O=C(N1CCOCC1)N1CCN(S(=O)(=O)c2c(F)cccc2F)CC1. The normalized spacial score (nSPS) is 19.9. The lowest BCUT2D eigenvalue weighted by Crippen LogP contribution is -2.55. The summed E-state index contributed by atoms with van der Waals surface area (Å²) in [5.41, 5.74) is 0. The zero-order valence-electron chi connectivity index (χ0n) is 13.5. The minimum Gasteiger partial charge on any atom is -0.378 e. The van der Waals surface area contributed by atoms with Crippen molar-refractivity contribution in [2.75, 3.05) is 52.5 Å². The van der Waals surface area contributed by atoms with Crippen molar-refractivity contribution in [1.82, 2.24) is 14.1 Å². The Bertz CT molecular complexity index is 725. The van der Waals surface area contributed by atoms with Crippen LogP contribution < -0.4 is 0 Å². The summed E-state index contributed by atoms with van der Waals surface area (Å²) in [5, 5.41) is 0. The molecule has 1 aromatic rings. The molecule has 2 heterocycles. The average molecular weight is 375 g/mol. The van der Waals surface area contributed by atoms with Crippen molar-refractivity contribution in [3.8, 4) is 0 Å². The lowest BCUT2D eigenvalue weighted by molar-refractivity contribution is 0.0405. The number of sulfonamides is 1. The Kier molecular flexibility index (Phi) is 5.21. The van der Waals surface area contributed by atoms with Crippen LogP contribution in [0, 0.1) is 11.6 Å². The average Bonchev–Trinajstić information content (AvgIpc) is 2.61. The number of hydrogen-bond acceptors (Lipinski definition) is 4. The molecule has 2 amide bonds. The third kappa shape index (κ3) is 3.60. The third-order valence-electron chi connectivity index (χ3n) is 4.31. The van der Waals surface area contributed by atoms with E-state index in [2.05, 4.69) is 0 Å². The number of piperazine rings is 1. The maximum atomic E-state index is 13.8. The highest BCUT2D eigenvalue weighted by Gasteiger charge is 2.35. The fourth-order valence-corrected chi connectivity index (χ4v) is 4.46. The smallest absolute Gasteiger partial charge is 0.320 e. The van der Waals surface area contributed by atoms with Gasteiger partial charge in [0.05, 0.1) is 13.2 Å². The van der Waals surface area contributed by atoms with E-state index in [4.69, 9.17) is 4.74 Å². The van der Waals surface area contributed by atoms with E-state index in [0.29, 0.717) is 26.3 Å². The van der Waals surface area contributed by atoms with Gasteiger partial charge in [0.15, 0.2) is 4.90 Å². The maximum Gasteiger partial charge on any atom is 0.320 e. The summed E-state index contributed by atoms with van der Waals surface area (Å²) in [4.78, 5) is 14.7. The van der Waals surface area contributed by atoms with Crippen molar-refractivity contribution in [3.63, 3.8) is 0 Å². The number of carbonyl (C=O) groups is 1.